The van der Waals surface area contributed by atoms with Gasteiger partial charge in [-0.1, -0.05) is 24.3 Å². The van der Waals surface area contributed by atoms with Crippen molar-refractivity contribution in [2.75, 3.05) is 49.2 Å². The lowest BCUT2D eigenvalue weighted by Gasteiger charge is -3.11. The Hall–Kier alpha value is -3.54. The fourth-order valence-electron chi connectivity index (χ4n) is 15.4. The molecule has 6 nitrogen and oxygen atoms in total. The SMILES string of the molecule is O=C(OCC12C3C4C1C1C2C3C41COC(=O)c1ccc(N2C[C@@H]3[C@H](C2)[C@@H]2C=C[C@H]3C2)cc1)c1ccc(N2C[C@@H]3[C@H](C2)[C@@H]2C=C[C@H]3C2)cc1. The Balaban J connectivity index is 0.606. The Kier molecular flexibility index (Phi) is 4.62. The summed E-state index contributed by atoms with van der Waals surface area (Å²) in [5, 5.41) is 0. The van der Waals surface area contributed by atoms with Gasteiger partial charge in [0.25, 0.3) is 0 Å². The summed E-state index contributed by atoms with van der Waals surface area (Å²) in [5.41, 5.74) is 4.28. The molecule has 0 spiro atoms. The quantitative estimate of drug-likeness (QED) is 0.263. The molecular weight excluding hydrogens is 596 g/mol. The number of allylic oxidation sites excluding steroid dienone is 4. The van der Waals surface area contributed by atoms with Crippen LogP contribution in [-0.4, -0.2) is 51.3 Å². The highest BCUT2D eigenvalue weighted by molar-refractivity contribution is 5.90. The number of fused-ring (bicyclic) bond motifs is 10. The van der Waals surface area contributed by atoms with Gasteiger partial charge in [0.15, 0.2) is 0 Å². The van der Waals surface area contributed by atoms with Crippen LogP contribution in [0.3, 0.4) is 0 Å². The zero-order valence-electron chi connectivity index (χ0n) is 27.2. The summed E-state index contributed by atoms with van der Waals surface area (Å²) in [4.78, 5) is 31.3. The first kappa shape index (κ1) is 26.3. The number of ether oxygens (including phenoxy) is 2. The minimum absolute atomic E-state index is 0.179. The van der Waals surface area contributed by atoms with Gasteiger partial charge in [-0.25, -0.2) is 9.59 Å². The van der Waals surface area contributed by atoms with E-state index in [-0.39, 0.29) is 22.8 Å². The molecule has 244 valence electrons. The maximum Gasteiger partial charge on any atom is 0.338 e. The molecule has 12 aliphatic rings. The molecule has 2 aliphatic heterocycles. The van der Waals surface area contributed by atoms with Crippen molar-refractivity contribution in [3.05, 3.63) is 84.0 Å². The standard InChI is InChI=1S/C42H42N2O4/c45-39(21-5-9-27(10-6-21)43-15-29-23-1-2-24(13-23)30(29)16-43)47-19-41-33-36-34(41)38-35(41)37(33)42(36,38)20-48-40(46)22-7-11-28(12-8-22)44-17-31-25-3-4-26(14-25)32(31)18-44/h1-12,23-26,29-38H,13-20H2/t23-,24+,25-,26+,29-,30+,31-,32+,33?,34?,35?,36?,37?,38?,41?,42?. The van der Waals surface area contributed by atoms with Gasteiger partial charge in [-0.2, -0.15) is 0 Å². The Morgan fingerprint density at radius 2 is 0.833 bits per heavy atom. The fraction of sp³-hybridized carbons (Fsp3) is 0.571. The molecule has 6 heteroatoms. The van der Waals surface area contributed by atoms with Crippen molar-refractivity contribution in [2.45, 2.75) is 12.8 Å². The minimum atomic E-state index is -0.179. The number of carbonyl (C=O) groups is 2. The molecule has 2 aromatic rings. The average Bonchev–Trinajstić information content (AvgIpc) is 3.98. The summed E-state index contributed by atoms with van der Waals surface area (Å²) in [7, 11) is 0. The van der Waals surface area contributed by atoms with Gasteiger partial charge in [-0.05, 0) is 144 Å². The second kappa shape index (κ2) is 8.42. The van der Waals surface area contributed by atoms with Crippen LogP contribution in [-0.2, 0) is 9.47 Å². The van der Waals surface area contributed by atoms with E-state index in [9.17, 15) is 9.59 Å². The van der Waals surface area contributed by atoms with Crippen LogP contribution in [0.5, 0.6) is 0 Å². The summed E-state index contributed by atoms with van der Waals surface area (Å²) >= 11 is 0. The maximum absolute atomic E-state index is 13.1. The van der Waals surface area contributed by atoms with Crippen molar-refractivity contribution in [3.8, 4) is 0 Å². The van der Waals surface area contributed by atoms with E-state index in [0.29, 0.717) is 59.8 Å². The smallest absolute Gasteiger partial charge is 0.338 e. The van der Waals surface area contributed by atoms with E-state index in [1.54, 1.807) is 0 Å². The van der Waals surface area contributed by atoms with E-state index in [2.05, 4.69) is 58.4 Å². The molecule has 8 saturated carbocycles. The van der Waals surface area contributed by atoms with Crippen LogP contribution < -0.4 is 9.80 Å². The number of esters is 2. The van der Waals surface area contributed by atoms with Crippen molar-refractivity contribution < 1.29 is 19.1 Å². The molecule has 14 rings (SSSR count). The number of anilines is 2. The van der Waals surface area contributed by atoms with E-state index < -0.39 is 0 Å². The van der Waals surface area contributed by atoms with Crippen molar-refractivity contribution in [1.29, 1.82) is 0 Å². The average molecular weight is 639 g/mol. The normalized spacial score (nSPS) is 49.8. The minimum Gasteiger partial charge on any atom is -0.461 e. The summed E-state index contributed by atoms with van der Waals surface area (Å²) in [6, 6.07) is 16.3. The van der Waals surface area contributed by atoms with E-state index in [0.717, 1.165) is 73.5 Å². The molecule has 0 unspecified atom stereocenters. The predicted octanol–water partition coefficient (Wildman–Crippen LogP) is 5.96. The molecule has 4 bridgehead atoms. The lowest BCUT2D eigenvalue weighted by atomic mass is 8.92. The third-order valence-corrected chi connectivity index (χ3v) is 17.2. The Bertz CT molecular complexity index is 1630. The maximum atomic E-state index is 13.1. The zero-order valence-corrected chi connectivity index (χ0v) is 27.2. The Morgan fingerprint density at radius 3 is 1.15 bits per heavy atom. The molecule has 10 aliphatic carbocycles. The number of carbonyl (C=O) groups excluding carboxylic acids is 2. The highest BCUT2D eigenvalue weighted by Gasteiger charge is 3.09. The molecule has 0 amide bonds. The van der Waals surface area contributed by atoms with Crippen molar-refractivity contribution >= 4 is 23.3 Å². The highest BCUT2D eigenvalue weighted by Crippen LogP contribution is 3.10. The fourth-order valence-corrected chi connectivity index (χ4v) is 15.4. The largest absolute Gasteiger partial charge is 0.461 e. The number of benzene rings is 2. The van der Waals surface area contributed by atoms with Crippen LogP contribution in [0, 0.1) is 93.7 Å². The lowest BCUT2D eigenvalue weighted by molar-refractivity contribution is -0.662. The number of rotatable bonds is 8. The Labute approximate surface area is 281 Å². The van der Waals surface area contributed by atoms with Gasteiger partial charge in [-0.15, -0.1) is 0 Å². The second-order valence-corrected chi connectivity index (χ2v) is 18.0. The third-order valence-electron chi connectivity index (χ3n) is 17.2. The van der Waals surface area contributed by atoms with E-state index in [1.807, 2.05) is 24.3 Å². The zero-order chi connectivity index (χ0) is 31.3. The molecule has 2 saturated heterocycles. The summed E-state index contributed by atoms with van der Waals surface area (Å²) < 4.78 is 12.0. The molecule has 0 radical (unpaired) electrons. The van der Waals surface area contributed by atoms with Crippen LogP contribution >= 0.6 is 0 Å². The third kappa shape index (κ3) is 2.77. The molecule has 0 N–H and O–H groups in total. The van der Waals surface area contributed by atoms with Gasteiger partial charge >= 0.3 is 11.9 Å². The summed E-state index contributed by atoms with van der Waals surface area (Å²) in [6.45, 7) is 5.71. The predicted molar refractivity (Wildman–Crippen MR) is 179 cm³/mol. The molecule has 0 aromatic heterocycles. The highest BCUT2D eigenvalue weighted by atomic mass is 16.5. The topological polar surface area (TPSA) is 59.1 Å². The molecule has 2 aromatic carbocycles. The van der Waals surface area contributed by atoms with Crippen LogP contribution in [0.15, 0.2) is 72.8 Å². The molecule has 10 fully saturated rings. The van der Waals surface area contributed by atoms with Gasteiger partial charge in [0, 0.05) is 48.4 Å². The van der Waals surface area contributed by atoms with Gasteiger partial charge in [0.05, 0.1) is 24.3 Å². The lowest BCUT2D eigenvalue weighted by Crippen LogP contribution is -3.10. The first-order valence-electron chi connectivity index (χ1n) is 19.0. The van der Waals surface area contributed by atoms with Crippen LogP contribution in [0.1, 0.15) is 33.6 Å². The van der Waals surface area contributed by atoms with Crippen LogP contribution in [0.2, 0.25) is 0 Å². The van der Waals surface area contributed by atoms with E-state index in [1.165, 1.54) is 24.2 Å². The number of hydrogen-bond donors (Lipinski definition) is 0. The molecular formula is C42H42N2O4. The molecule has 48 heavy (non-hydrogen) atoms. The number of hydrogen-bond acceptors (Lipinski definition) is 6. The number of nitrogens with zero attached hydrogens (tertiary/aromatic N) is 2. The molecule has 2 heterocycles. The van der Waals surface area contributed by atoms with Gasteiger partial charge in [0.2, 0.25) is 0 Å². The van der Waals surface area contributed by atoms with Crippen molar-refractivity contribution in [2.24, 2.45) is 93.7 Å². The van der Waals surface area contributed by atoms with Gasteiger partial charge < -0.3 is 19.3 Å². The Morgan fingerprint density at radius 1 is 0.521 bits per heavy atom. The summed E-state index contributed by atoms with van der Waals surface area (Å²) in [6.07, 6.45) is 12.5. The van der Waals surface area contributed by atoms with Crippen molar-refractivity contribution in [1.82, 2.24) is 0 Å². The monoisotopic (exact) mass is 638 g/mol. The van der Waals surface area contributed by atoms with Crippen LogP contribution in [0.25, 0.3) is 0 Å². The first-order chi connectivity index (χ1) is 23.5. The van der Waals surface area contributed by atoms with Gasteiger partial charge in [0.1, 0.15) is 0 Å². The first-order valence-corrected chi connectivity index (χ1v) is 19.0. The van der Waals surface area contributed by atoms with Gasteiger partial charge in [-0.3, -0.25) is 0 Å². The van der Waals surface area contributed by atoms with E-state index >= 15 is 0 Å². The summed E-state index contributed by atoms with van der Waals surface area (Å²) in [5.74, 6) is 10.0. The molecule has 8 atom stereocenters. The van der Waals surface area contributed by atoms with E-state index in [4.69, 9.17) is 9.47 Å². The second-order valence-electron chi connectivity index (χ2n) is 18.0. The van der Waals surface area contributed by atoms with Crippen LogP contribution in [0.4, 0.5) is 11.4 Å². The van der Waals surface area contributed by atoms with Crippen molar-refractivity contribution in [3.63, 3.8) is 0 Å².